The Morgan fingerprint density at radius 2 is 2.33 bits per heavy atom. The van der Waals surface area contributed by atoms with E-state index in [1.165, 1.54) is 4.90 Å². The Morgan fingerprint density at radius 3 is 2.67 bits per heavy atom. The van der Waals surface area contributed by atoms with Crippen molar-refractivity contribution in [2.24, 2.45) is 0 Å². The Hall–Kier alpha value is -0.790. The minimum absolute atomic E-state index is 0.776. The molecule has 0 aromatic heterocycles. The van der Waals surface area contributed by atoms with Gasteiger partial charge in [0, 0.05) is 12.7 Å². The maximum atomic E-state index is 10.1. The second kappa shape index (κ2) is 4.13. The Kier molecular flexibility index (Phi) is 3.76. The molecule has 0 saturated carbocycles. The highest BCUT2D eigenvalue weighted by Gasteiger charge is 1.95. The lowest BCUT2D eigenvalue weighted by molar-refractivity contribution is -0.115. The first-order chi connectivity index (χ1) is 4.22. The van der Waals surface area contributed by atoms with Crippen LogP contribution < -0.4 is 0 Å². The molecule has 0 aromatic carbocycles. The van der Waals surface area contributed by atoms with E-state index in [4.69, 9.17) is 0 Å². The SMILES string of the molecule is C=C(CCC)N(C)C=O. The lowest BCUT2D eigenvalue weighted by Crippen LogP contribution is -2.13. The molecule has 0 bridgehead atoms. The number of allylic oxidation sites excluding steroid dienone is 1. The summed E-state index contributed by atoms with van der Waals surface area (Å²) in [6, 6.07) is 0. The molecule has 0 aliphatic heterocycles. The molecular formula is C7H13NO. The van der Waals surface area contributed by atoms with Gasteiger partial charge in [0.05, 0.1) is 0 Å². The van der Waals surface area contributed by atoms with Gasteiger partial charge in [-0.25, -0.2) is 0 Å². The second-order valence-corrected chi connectivity index (χ2v) is 2.03. The minimum atomic E-state index is 0.776. The lowest BCUT2D eigenvalue weighted by Gasteiger charge is -2.11. The van der Waals surface area contributed by atoms with E-state index in [-0.39, 0.29) is 0 Å². The van der Waals surface area contributed by atoms with Crippen molar-refractivity contribution in [2.45, 2.75) is 19.8 Å². The summed E-state index contributed by atoms with van der Waals surface area (Å²) >= 11 is 0. The van der Waals surface area contributed by atoms with E-state index in [0.29, 0.717) is 0 Å². The molecular weight excluding hydrogens is 114 g/mol. The van der Waals surface area contributed by atoms with Crippen molar-refractivity contribution in [3.63, 3.8) is 0 Å². The topological polar surface area (TPSA) is 20.3 Å². The first kappa shape index (κ1) is 8.21. The first-order valence-corrected chi connectivity index (χ1v) is 3.08. The molecule has 0 heterocycles. The van der Waals surface area contributed by atoms with Crippen molar-refractivity contribution in [1.29, 1.82) is 0 Å². The standard InChI is InChI=1S/C7H13NO/c1-4-5-7(2)8(3)6-9/h6H,2,4-5H2,1,3H3. The zero-order valence-corrected chi connectivity index (χ0v) is 6.05. The fourth-order valence-corrected chi connectivity index (χ4v) is 0.539. The summed E-state index contributed by atoms with van der Waals surface area (Å²) in [5, 5.41) is 0. The normalized spacial score (nSPS) is 8.67. The fourth-order valence-electron chi connectivity index (χ4n) is 0.539. The molecule has 0 aromatic rings. The van der Waals surface area contributed by atoms with E-state index >= 15 is 0 Å². The molecule has 9 heavy (non-hydrogen) atoms. The lowest BCUT2D eigenvalue weighted by atomic mass is 10.3. The maximum Gasteiger partial charge on any atom is 0.213 e. The van der Waals surface area contributed by atoms with Crippen molar-refractivity contribution in [3.05, 3.63) is 12.3 Å². The van der Waals surface area contributed by atoms with E-state index in [1.54, 1.807) is 7.05 Å². The highest BCUT2D eigenvalue weighted by Crippen LogP contribution is 2.02. The van der Waals surface area contributed by atoms with Crippen LogP contribution in [0.5, 0.6) is 0 Å². The van der Waals surface area contributed by atoms with Crippen LogP contribution in [-0.4, -0.2) is 18.4 Å². The number of rotatable bonds is 4. The molecule has 0 rings (SSSR count). The summed E-state index contributed by atoms with van der Waals surface area (Å²) in [4.78, 5) is 11.6. The van der Waals surface area contributed by atoms with Crippen LogP contribution in [0.4, 0.5) is 0 Å². The van der Waals surface area contributed by atoms with Crippen molar-refractivity contribution in [1.82, 2.24) is 4.90 Å². The van der Waals surface area contributed by atoms with E-state index < -0.39 is 0 Å². The number of carbonyl (C=O) groups is 1. The summed E-state index contributed by atoms with van der Waals surface area (Å²) in [6.45, 7) is 5.77. The van der Waals surface area contributed by atoms with Gasteiger partial charge >= 0.3 is 0 Å². The van der Waals surface area contributed by atoms with Gasteiger partial charge in [0.25, 0.3) is 0 Å². The average molecular weight is 127 g/mol. The molecule has 1 amide bonds. The third-order valence-electron chi connectivity index (χ3n) is 1.20. The highest BCUT2D eigenvalue weighted by atomic mass is 16.1. The van der Waals surface area contributed by atoms with E-state index in [0.717, 1.165) is 24.9 Å². The van der Waals surface area contributed by atoms with Gasteiger partial charge in [0.15, 0.2) is 0 Å². The molecule has 0 N–H and O–H groups in total. The second-order valence-electron chi connectivity index (χ2n) is 2.03. The van der Waals surface area contributed by atoms with E-state index in [9.17, 15) is 4.79 Å². The molecule has 0 unspecified atom stereocenters. The highest BCUT2D eigenvalue weighted by molar-refractivity contribution is 5.49. The van der Waals surface area contributed by atoms with Gasteiger partial charge in [-0.1, -0.05) is 19.9 Å². The first-order valence-electron chi connectivity index (χ1n) is 3.08. The van der Waals surface area contributed by atoms with Crippen LogP contribution in [0.2, 0.25) is 0 Å². The Labute approximate surface area is 56.2 Å². The number of nitrogens with zero attached hydrogens (tertiary/aromatic N) is 1. The number of hydrogen-bond donors (Lipinski definition) is 0. The number of amides is 1. The summed E-state index contributed by atoms with van der Waals surface area (Å²) in [7, 11) is 1.71. The summed E-state index contributed by atoms with van der Waals surface area (Å²) in [5.74, 6) is 0. The van der Waals surface area contributed by atoms with Crippen molar-refractivity contribution < 1.29 is 4.79 Å². The third-order valence-corrected chi connectivity index (χ3v) is 1.20. The molecule has 0 atom stereocenters. The molecule has 52 valence electrons. The number of hydrogen-bond acceptors (Lipinski definition) is 1. The molecule has 0 radical (unpaired) electrons. The predicted octanol–water partition coefficient (Wildman–Crippen LogP) is 1.39. The van der Waals surface area contributed by atoms with Gasteiger partial charge in [-0.2, -0.15) is 0 Å². The van der Waals surface area contributed by atoms with Gasteiger partial charge in [-0.05, 0) is 6.42 Å². The van der Waals surface area contributed by atoms with Crippen LogP contribution in [0.3, 0.4) is 0 Å². The molecule has 2 heteroatoms. The van der Waals surface area contributed by atoms with Crippen LogP contribution in [0, 0.1) is 0 Å². The van der Waals surface area contributed by atoms with Crippen LogP contribution in [0.15, 0.2) is 12.3 Å². The van der Waals surface area contributed by atoms with Gasteiger partial charge in [-0.15, -0.1) is 0 Å². The van der Waals surface area contributed by atoms with Crippen molar-refractivity contribution >= 4 is 6.41 Å². The minimum Gasteiger partial charge on any atom is -0.322 e. The Bertz CT molecular complexity index is 109. The number of carbonyl (C=O) groups excluding carboxylic acids is 1. The van der Waals surface area contributed by atoms with Crippen molar-refractivity contribution in [3.8, 4) is 0 Å². The van der Waals surface area contributed by atoms with Gasteiger partial charge in [-0.3, -0.25) is 4.79 Å². The Balaban J connectivity index is 3.58. The van der Waals surface area contributed by atoms with Crippen LogP contribution in [-0.2, 0) is 4.79 Å². The fraction of sp³-hybridized carbons (Fsp3) is 0.571. The van der Waals surface area contributed by atoms with Crippen LogP contribution >= 0.6 is 0 Å². The monoisotopic (exact) mass is 127 g/mol. The molecule has 0 saturated heterocycles. The van der Waals surface area contributed by atoms with Crippen LogP contribution in [0.1, 0.15) is 19.8 Å². The predicted molar refractivity (Wildman–Crippen MR) is 37.9 cm³/mol. The molecule has 0 fully saturated rings. The van der Waals surface area contributed by atoms with Gasteiger partial charge in [0.2, 0.25) is 6.41 Å². The molecule has 2 nitrogen and oxygen atoms in total. The van der Waals surface area contributed by atoms with E-state index in [2.05, 4.69) is 13.5 Å². The smallest absolute Gasteiger partial charge is 0.213 e. The summed E-state index contributed by atoms with van der Waals surface area (Å²) in [6.07, 6.45) is 2.71. The largest absolute Gasteiger partial charge is 0.322 e. The van der Waals surface area contributed by atoms with Gasteiger partial charge < -0.3 is 4.90 Å². The Morgan fingerprint density at radius 1 is 1.78 bits per heavy atom. The molecule has 0 aliphatic rings. The van der Waals surface area contributed by atoms with E-state index in [1.807, 2.05) is 0 Å². The third kappa shape index (κ3) is 2.90. The van der Waals surface area contributed by atoms with Crippen molar-refractivity contribution in [2.75, 3.05) is 7.05 Å². The maximum absolute atomic E-state index is 10.1. The summed E-state index contributed by atoms with van der Waals surface area (Å²) in [5.41, 5.74) is 0.882. The van der Waals surface area contributed by atoms with Gasteiger partial charge in [0.1, 0.15) is 0 Å². The quantitative estimate of drug-likeness (QED) is 0.522. The summed E-state index contributed by atoms with van der Waals surface area (Å²) < 4.78 is 0. The average Bonchev–Trinajstić information content (AvgIpc) is 1.87. The molecule has 0 spiro atoms. The molecule has 0 aliphatic carbocycles. The zero-order chi connectivity index (χ0) is 7.28. The van der Waals surface area contributed by atoms with Crippen LogP contribution in [0.25, 0.3) is 0 Å². The zero-order valence-electron chi connectivity index (χ0n) is 6.05.